The van der Waals surface area contributed by atoms with E-state index in [1.54, 1.807) is 16.9 Å². The summed E-state index contributed by atoms with van der Waals surface area (Å²) < 4.78 is 5.17. The number of hydrogen-bond acceptors (Lipinski definition) is 5. The van der Waals surface area contributed by atoms with E-state index in [1.807, 2.05) is 54.6 Å². The van der Waals surface area contributed by atoms with Gasteiger partial charge in [0.05, 0.1) is 13.0 Å². The Morgan fingerprint density at radius 3 is 2.53 bits per heavy atom. The molecule has 5 rings (SSSR count). The lowest BCUT2D eigenvalue weighted by Gasteiger charge is -2.48. The number of nitrogens with one attached hydrogen (secondary N) is 2. The van der Waals surface area contributed by atoms with E-state index >= 15 is 0 Å². The number of urea groups is 1. The van der Waals surface area contributed by atoms with Gasteiger partial charge in [-0.25, -0.2) is 9.80 Å². The van der Waals surface area contributed by atoms with Crippen LogP contribution in [0.1, 0.15) is 36.8 Å². The first-order valence-corrected chi connectivity index (χ1v) is 12.6. The van der Waals surface area contributed by atoms with Gasteiger partial charge in [0.1, 0.15) is 12.3 Å². The van der Waals surface area contributed by atoms with Crippen LogP contribution in [-0.2, 0) is 22.6 Å². The summed E-state index contributed by atoms with van der Waals surface area (Å²) in [5.74, 6) is 0.401. The van der Waals surface area contributed by atoms with Crippen LogP contribution in [0, 0.1) is 5.92 Å². The fourth-order valence-corrected chi connectivity index (χ4v) is 5.49. The van der Waals surface area contributed by atoms with E-state index in [2.05, 4.69) is 10.7 Å². The molecule has 1 aliphatic carbocycles. The number of rotatable bonds is 8. The van der Waals surface area contributed by atoms with Crippen LogP contribution in [0.15, 0.2) is 54.6 Å². The highest BCUT2D eigenvalue weighted by Gasteiger charge is 2.54. The van der Waals surface area contributed by atoms with Crippen LogP contribution in [0.5, 0.6) is 5.75 Å². The van der Waals surface area contributed by atoms with Crippen molar-refractivity contribution in [3.05, 3.63) is 65.7 Å². The van der Waals surface area contributed by atoms with Gasteiger partial charge in [-0.2, -0.15) is 5.43 Å². The van der Waals surface area contributed by atoms with Gasteiger partial charge in [-0.1, -0.05) is 55.3 Å². The lowest BCUT2D eigenvalue weighted by molar-refractivity contribution is -0.156. The minimum atomic E-state index is -0.567. The Labute approximate surface area is 211 Å². The van der Waals surface area contributed by atoms with Crippen LogP contribution in [0.25, 0.3) is 0 Å². The molecule has 2 aliphatic heterocycles. The SMILES string of the molecule is COc1ccc(CNC(=O)CN2NC3N(CCc4ccccc4)C(=O)C4CCCCC4N3C2=O)cc1. The topological polar surface area (TPSA) is 94.2 Å². The highest BCUT2D eigenvalue weighted by atomic mass is 16.5. The Balaban J connectivity index is 1.26. The van der Waals surface area contributed by atoms with Crippen molar-refractivity contribution in [3.8, 4) is 5.75 Å². The minimum Gasteiger partial charge on any atom is -0.497 e. The third-order valence-electron chi connectivity index (χ3n) is 7.40. The maximum Gasteiger partial charge on any atom is 0.337 e. The number of benzene rings is 2. The van der Waals surface area contributed by atoms with Crippen LogP contribution >= 0.6 is 0 Å². The van der Waals surface area contributed by atoms with Crippen molar-refractivity contribution in [3.63, 3.8) is 0 Å². The first-order chi connectivity index (χ1) is 17.5. The fourth-order valence-electron chi connectivity index (χ4n) is 5.49. The molecule has 0 aromatic heterocycles. The minimum absolute atomic E-state index is 0.1000. The van der Waals surface area contributed by atoms with Crippen molar-refractivity contribution in [2.75, 3.05) is 20.2 Å². The number of fused-ring (bicyclic) bond motifs is 3. The van der Waals surface area contributed by atoms with Gasteiger partial charge in [0.15, 0.2) is 6.29 Å². The molecule has 2 aromatic rings. The van der Waals surface area contributed by atoms with Crippen molar-refractivity contribution < 1.29 is 19.1 Å². The van der Waals surface area contributed by atoms with E-state index in [9.17, 15) is 14.4 Å². The number of ether oxygens (including phenoxy) is 1. The average molecular weight is 492 g/mol. The summed E-state index contributed by atoms with van der Waals surface area (Å²) >= 11 is 0. The average Bonchev–Trinajstić information content (AvgIpc) is 3.23. The summed E-state index contributed by atoms with van der Waals surface area (Å²) in [4.78, 5) is 43.3. The van der Waals surface area contributed by atoms with Gasteiger partial charge in [0.25, 0.3) is 0 Å². The predicted molar refractivity (Wildman–Crippen MR) is 133 cm³/mol. The second-order valence-corrected chi connectivity index (χ2v) is 9.63. The largest absolute Gasteiger partial charge is 0.497 e. The first-order valence-electron chi connectivity index (χ1n) is 12.6. The zero-order chi connectivity index (χ0) is 25.1. The molecule has 190 valence electrons. The van der Waals surface area contributed by atoms with Crippen LogP contribution in [-0.4, -0.2) is 65.2 Å². The molecule has 9 heteroatoms. The monoisotopic (exact) mass is 491 g/mol. The van der Waals surface area contributed by atoms with Crippen molar-refractivity contribution in [2.45, 2.75) is 51.0 Å². The zero-order valence-corrected chi connectivity index (χ0v) is 20.6. The van der Waals surface area contributed by atoms with Gasteiger partial charge in [0.2, 0.25) is 11.8 Å². The summed E-state index contributed by atoms with van der Waals surface area (Å²) in [5.41, 5.74) is 5.25. The van der Waals surface area contributed by atoms with Crippen LogP contribution in [0.4, 0.5) is 4.79 Å². The number of hydrogen-bond donors (Lipinski definition) is 2. The molecule has 9 nitrogen and oxygen atoms in total. The van der Waals surface area contributed by atoms with E-state index < -0.39 is 6.29 Å². The maximum absolute atomic E-state index is 13.5. The summed E-state index contributed by atoms with van der Waals surface area (Å²) in [7, 11) is 1.61. The van der Waals surface area contributed by atoms with Gasteiger partial charge in [-0.15, -0.1) is 0 Å². The molecule has 2 N–H and O–H groups in total. The summed E-state index contributed by atoms with van der Waals surface area (Å²) in [6.07, 6.45) is 3.73. The highest BCUT2D eigenvalue weighted by molar-refractivity contribution is 5.88. The van der Waals surface area contributed by atoms with Gasteiger partial charge in [0, 0.05) is 19.1 Å². The second kappa shape index (κ2) is 10.6. The quantitative estimate of drug-likeness (QED) is 0.592. The lowest BCUT2D eigenvalue weighted by Crippen LogP contribution is -2.66. The molecule has 0 spiro atoms. The third-order valence-corrected chi connectivity index (χ3v) is 7.40. The Bertz CT molecular complexity index is 1090. The van der Waals surface area contributed by atoms with E-state index in [4.69, 9.17) is 4.74 Å². The molecule has 4 amide bonds. The standard InChI is InChI=1S/C27H33N5O4/c1-36-21-13-11-20(12-14-21)17-28-24(33)18-31-27(35)32-23-10-6-5-9-22(23)25(34)30(26(32)29-31)16-15-19-7-3-2-4-8-19/h2-4,7-8,11-14,22-23,26,29H,5-6,9-10,15-18H2,1H3,(H,28,33). The van der Waals surface area contributed by atoms with Crippen molar-refractivity contribution in [1.82, 2.24) is 25.6 Å². The maximum atomic E-state index is 13.5. The van der Waals surface area contributed by atoms with Crippen LogP contribution < -0.4 is 15.5 Å². The normalized spacial score (nSPS) is 23.4. The Kier molecular flexibility index (Phi) is 7.09. The molecule has 2 saturated heterocycles. The van der Waals surface area contributed by atoms with Crippen molar-refractivity contribution in [1.29, 1.82) is 0 Å². The van der Waals surface area contributed by atoms with Crippen molar-refractivity contribution >= 4 is 17.8 Å². The van der Waals surface area contributed by atoms with Gasteiger partial charge < -0.3 is 15.0 Å². The Morgan fingerprint density at radius 2 is 1.78 bits per heavy atom. The molecular weight excluding hydrogens is 458 g/mol. The Morgan fingerprint density at radius 1 is 1.03 bits per heavy atom. The summed E-state index contributed by atoms with van der Waals surface area (Å²) in [6.45, 7) is 0.732. The molecule has 36 heavy (non-hydrogen) atoms. The first kappa shape index (κ1) is 24.1. The number of amides is 4. The molecule has 3 fully saturated rings. The molecule has 2 heterocycles. The molecular formula is C27H33N5O4. The zero-order valence-electron chi connectivity index (χ0n) is 20.6. The second-order valence-electron chi connectivity index (χ2n) is 9.63. The number of methoxy groups -OCH3 is 1. The molecule has 3 unspecified atom stereocenters. The Hall–Kier alpha value is -3.59. The molecule has 0 radical (unpaired) electrons. The molecule has 3 atom stereocenters. The lowest BCUT2D eigenvalue weighted by atomic mass is 9.81. The summed E-state index contributed by atoms with van der Waals surface area (Å²) in [5, 5.41) is 4.23. The number of carbonyl (C=O) groups is 3. The highest BCUT2D eigenvalue weighted by Crippen LogP contribution is 2.38. The van der Waals surface area contributed by atoms with E-state index in [0.717, 1.165) is 42.6 Å². The number of nitrogens with zero attached hydrogens (tertiary/aromatic N) is 3. The van der Waals surface area contributed by atoms with E-state index in [1.165, 1.54) is 5.01 Å². The predicted octanol–water partition coefficient (Wildman–Crippen LogP) is 2.48. The smallest absolute Gasteiger partial charge is 0.337 e. The number of carbonyl (C=O) groups excluding carboxylic acids is 3. The molecule has 3 aliphatic rings. The van der Waals surface area contributed by atoms with Crippen LogP contribution in [0.2, 0.25) is 0 Å². The van der Waals surface area contributed by atoms with E-state index in [-0.39, 0.29) is 36.3 Å². The third kappa shape index (κ3) is 4.88. The summed E-state index contributed by atoms with van der Waals surface area (Å²) in [6, 6.07) is 17.1. The van der Waals surface area contributed by atoms with Crippen molar-refractivity contribution in [2.24, 2.45) is 5.92 Å². The molecule has 0 bridgehead atoms. The molecule has 2 aromatic carbocycles. The fraction of sp³-hybridized carbons (Fsp3) is 0.444. The van der Waals surface area contributed by atoms with E-state index in [0.29, 0.717) is 19.5 Å². The molecule has 1 saturated carbocycles. The van der Waals surface area contributed by atoms with Gasteiger partial charge in [-0.3, -0.25) is 14.5 Å². The number of hydrazine groups is 1. The van der Waals surface area contributed by atoms with Gasteiger partial charge >= 0.3 is 6.03 Å². The van der Waals surface area contributed by atoms with Crippen LogP contribution in [0.3, 0.4) is 0 Å². The van der Waals surface area contributed by atoms with Gasteiger partial charge in [-0.05, 0) is 42.5 Å².